The molecule has 11 heteroatoms. The third-order valence-corrected chi connectivity index (χ3v) is 7.03. The van der Waals surface area contributed by atoms with Crippen LogP contribution in [0, 0.1) is 18.6 Å². The molecule has 3 rings (SSSR count). The zero-order chi connectivity index (χ0) is 32.4. The fraction of sp³-hybridized carbons (Fsp3) is 0.394. The number of alkyl halides is 3. The third-order valence-electron chi connectivity index (χ3n) is 7.03. The number of carbonyl (C=O) groups is 2. The lowest BCUT2D eigenvalue weighted by Gasteiger charge is -2.26. The first-order valence-electron chi connectivity index (χ1n) is 14.5. The van der Waals surface area contributed by atoms with Crippen molar-refractivity contribution >= 4 is 11.8 Å². The molecule has 0 radical (unpaired) electrons. The van der Waals surface area contributed by atoms with Gasteiger partial charge >= 0.3 is 6.18 Å². The Bertz CT molecular complexity index is 1420. The molecule has 44 heavy (non-hydrogen) atoms. The second kappa shape index (κ2) is 15.8. The summed E-state index contributed by atoms with van der Waals surface area (Å²) in [6, 6.07) is 11.4. The van der Waals surface area contributed by atoms with Crippen molar-refractivity contribution < 1.29 is 36.6 Å². The molecule has 0 aliphatic heterocycles. The molecule has 0 fully saturated rings. The van der Waals surface area contributed by atoms with Crippen molar-refractivity contribution in [3.8, 4) is 0 Å². The monoisotopic (exact) mass is 619 g/mol. The fourth-order valence-electron chi connectivity index (χ4n) is 4.90. The van der Waals surface area contributed by atoms with Crippen molar-refractivity contribution in [3.63, 3.8) is 0 Å². The summed E-state index contributed by atoms with van der Waals surface area (Å²) in [5.74, 6) is -2.48. The highest BCUT2D eigenvalue weighted by atomic mass is 19.4. The average Bonchev–Trinajstić information content (AvgIpc) is 2.96. The van der Waals surface area contributed by atoms with Crippen LogP contribution < -0.4 is 10.6 Å². The molecule has 0 saturated carbocycles. The molecule has 2 amide bonds. The van der Waals surface area contributed by atoms with Crippen LogP contribution in [-0.2, 0) is 19.1 Å². The van der Waals surface area contributed by atoms with E-state index in [4.69, 9.17) is 0 Å². The van der Waals surface area contributed by atoms with E-state index in [9.17, 15) is 36.6 Å². The van der Waals surface area contributed by atoms with Crippen LogP contribution in [0.15, 0.2) is 60.7 Å². The van der Waals surface area contributed by atoms with Gasteiger partial charge in [0, 0.05) is 43.4 Å². The minimum atomic E-state index is -4.51. The van der Waals surface area contributed by atoms with Gasteiger partial charge in [-0.15, -0.1) is 0 Å². The van der Waals surface area contributed by atoms with Crippen LogP contribution in [0.3, 0.4) is 0 Å². The molecule has 3 N–H and O–H groups in total. The quantitative estimate of drug-likeness (QED) is 0.192. The van der Waals surface area contributed by atoms with Crippen molar-refractivity contribution in [2.45, 2.75) is 64.9 Å². The fourth-order valence-corrected chi connectivity index (χ4v) is 4.90. The Morgan fingerprint density at radius 3 is 2.25 bits per heavy atom. The largest absolute Gasteiger partial charge is 0.416 e. The maximum Gasteiger partial charge on any atom is 0.416 e. The van der Waals surface area contributed by atoms with E-state index >= 15 is 0 Å². The maximum atomic E-state index is 14.6. The Morgan fingerprint density at radius 1 is 0.932 bits per heavy atom. The molecular weight excluding hydrogens is 581 g/mol. The summed E-state index contributed by atoms with van der Waals surface area (Å²) < 4.78 is 67.3. The summed E-state index contributed by atoms with van der Waals surface area (Å²) >= 11 is 0. The van der Waals surface area contributed by atoms with Gasteiger partial charge in [0.25, 0.3) is 11.8 Å². The normalized spacial score (nSPS) is 12.9. The maximum absolute atomic E-state index is 14.6. The van der Waals surface area contributed by atoms with Gasteiger partial charge < -0.3 is 20.6 Å². The summed E-state index contributed by atoms with van der Waals surface area (Å²) in [7, 11) is 0. The number of benzene rings is 3. The number of rotatable bonds is 14. The Balaban J connectivity index is 1.81. The first-order chi connectivity index (χ1) is 20.8. The molecule has 0 spiro atoms. The van der Waals surface area contributed by atoms with Gasteiger partial charge in [0.05, 0.1) is 17.7 Å². The zero-order valence-electron chi connectivity index (χ0n) is 25.0. The van der Waals surface area contributed by atoms with Gasteiger partial charge in [0.2, 0.25) is 0 Å². The molecule has 0 aromatic heterocycles. The Labute approximate surface area is 254 Å². The van der Waals surface area contributed by atoms with Gasteiger partial charge in [-0.05, 0) is 73.2 Å². The van der Waals surface area contributed by atoms with E-state index in [0.29, 0.717) is 35.8 Å². The number of nitrogens with zero attached hydrogens (tertiary/aromatic N) is 1. The molecule has 0 heterocycles. The summed E-state index contributed by atoms with van der Waals surface area (Å²) in [6.07, 6.45) is -4.49. The highest BCUT2D eigenvalue weighted by Crippen LogP contribution is 2.29. The number of amides is 2. The average molecular weight is 620 g/mol. The van der Waals surface area contributed by atoms with E-state index in [-0.39, 0.29) is 36.5 Å². The summed E-state index contributed by atoms with van der Waals surface area (Å²) in [4.78, 5) is 28.4. The smallest absolute Gasteiger partial charge is 0.390 e. The van der Waals surface area contributed by atoms with Gasteiger partial charge in [-0.1, -0.05) is 38.1 Å². The van der Waals surface area contributed by atoms with Gasteiger partial charge in [0.1, 0.15) is 11.6 Å². The second-order valence-corrected chi connectivity index (χ2v) is 10.8. The number of aliphatic hydroxyl groups excluding tert-OH is 1. The minimum absolute atomic E-state index is 0.0120. The molecule has 3 aromatic rings. The molecule has 3 aromatic carbocycles. The number of carbonyl (C=O) groups excluding carboxylic acids is 2. The van der Waals surface area contributed by atoms with E-state index in [1.807, 2.05) is 13.8 Å². The van der Waals surface area contributed by atoms with E-state index in [1.54, 1.807) is 24.0 Å². The van der Waals surface area contributed by atoms with E-state index in [1.165, 1.54) is 24.3 Å². The topological polar surface area (TPSA) is 81.7 Å². The third kappa shape index (κ3) is 9.85. The lowest BCUT2D eigenvalue weighted by atomic mass is 9.99. The molecular formula is C33H38F5N3O3. The first kappa shape index (κ1) is 34.7. The highest BCUT2D eigenvalue weighted by Gasteiger charge is 2.30. The first-order valence-corrected chi connectivity index (χ1v) is 14.5. The molecule has 0 aliphatic rings. The van der Waals surface area contributed by atoms with Gasteiger partial charge in [-0.3, -0.25) is 9.59 Å². The van der Waals surface area contributed by atoms with Crippen LogP contribution in [0.25, 0.3) is 0 Å². The van der Waals surface area contributed by atoms with E-state index < -0.39 is 41.4 Å². The van der Waals surface area contributed by atoms with Gasteiger partial charge in [-0.25, -0.2) is 8.78 Å². The van der Waals surface area contributed by atoms with Crippen LogP contribution >= 0.6 is 0 Å². The van der Waals surface area contributed by atoms with Crippen molar-refractivity contribution in [3.05, 3.63) is 106 Å². The zero-order valence-corrected chi connectivity index (χ0v) is 25.0. The predicted octanol–water partition coefficient (Wildman–Crippen LogP) is 6.05. The second-order valence-electron chi connectivity index (χ2n) is 10.8. The van der Waals surface area contributed by atoms with Crippen LogP contribution in [0.2, 0.25) is 0 Å². The van der Waals surface area contributed by atoms with Crippen LogP contribution in [-0.4, -0.2) is 53.6 Å². The van der Waals surface area contributed by atoms with Crippen molar-refractivity contribution in [1.82, 2.24) is 15.5 Å². The Kier molecular flexibility index (Phi) is 12.4. The number of aryl methyl sites for hydroxylation is 1. The lowest BCUT2D eigenvalue weighted by Crippen LogP contribution is -2.48. The minimum Gasteiger partial charge on any atom is -0.390 e. The van der Waals surface area contributed by atoms with E-state index in [0.717, 1.165) is 31.0 Å². The van der Waals surface area contributed by atoms with Gasteiger partial charge in [-0.2, -0.15) is 13.2 Å². The molecule has 238 valence electrons. The molecule has 0 bridgehead atoms. The summed E-state index contributed by atoms with van der Waals surface area (Å²) in [5.41, 5.74) is 0.727. The molecule has 0 aliphatic carbocycles. The van der Waals surface area contributed by atoms with Crippen molar-refractivity contribution in [2.75, 3.05) is 19.6 Å². The number of halogens is 5. The number of aliphatic hydroxyl groups is 1. The molecule has 2 atom stereocenters. The SMILES string of the molecule is CCCN(CCC)C(=O)c1cc(C)cc(C(=O)N[C@@H](Cc2ccc(F)cc2F)[C@H](O)CNCc2cccc(C(F)(F)F)c2)c1. The lowest BCUT2D eigenvalue weighted by molar-refractivity contribution is -0.137. The predicted molar refractivity (Wildman–Crippen MR) is 158 cm³/mol. The number of hydrogen-bond donors (Lipinski definition) is 3. The summed E-state index contributed by atoms with van der Waals surface area (Å²) in [6.45, 7) is 6.63. The Hall–Kier alpha value is -3.83. The van der Waals surface area contributed by atoms with E-state index in [2.05, 4.69) is 10.6 Å². The molecule has 0 saturated heterocycles. The van der Waals surface area contributed by atoms with Crippen molar-refractivity contribution in [1.29, 1.82) is 0 Å². The summed E-state index contributed by atoms with van der Waals surface area (Å²) in [5, 5.41) is 16.6. The van der Waals surface area contributed by atoms with Crippen LogP contribution in [0.1, 0.15) is 69.7 Å². The molecule has 0 unspecified atom stereocenters. The number of hydrogen-bond acceptors (Lipinski definition) is 4. The Morgan fingerprint density at radius 2 is 1.61 bits per heavy atom. The van der Waals surface area contributed by atoms with Gasteiger partial charge in [0.15, 0.2) is 0 Å². The molecule has 6 nitrogen and oxygen atoms in total. The highest BCUT2D eigenvalue weighted by molar-refractivity contribution is 6.00. The number of nitrogens with one attached hydrogen (secondary N) is 2. The van der Waals surface area contributed by atoms with Crippen LogP contribution in [0.5, 0.6) is 0 Å². The van der Waals surface area contributed by atoms with Crippen LogP contribution in [0.4, 0.5) is 22.0 Å². The standard InChI is InChI=1S/C33H38F5N3O3/c1-4-11-41(12-5-2)32(44)25-14-21(3)13-24(16-25)31(43)40-29(17-23-9-10-27(34)18-28(23)35)30(42)20-39-19-22-7-6-8-26(15-22)33(36,37)38/h6-10,13-16,18,29-30,39,42H,4-5,11-12,17,19-20H2,1-3H3,(H,40,43)/t29-,30+/m0/s1. The van der Waals surface area contributed by atoms with Crippen molar-refractivity contribution in [2.24, 2.45) is 0 Å².